The maximum Gasteiger partial charge on any atom is 0.233 e. The summed E-state index contributed by atoms with van der Waals surface area (Å²) in [6.07, 6.45) is 3.32. The minimum absolute atomic E-state index is 0.110. The predicted octanol–water partition coefficient (Wildman–Crippen LogP) is 1.55. The molecule has 1 aromatic carbocycles. The molecule has 116 valence electrons. The van der Waals surface area contributed by atoms with Crippen LogP contribution in [0.1, 0.15) is 30.9 Å². The Morgan fingerprint density at radius 3 is 2.52 bits per heavy atom. The van der Waals surface area contributed by atoms with Crippen LogP contribution in [-0.4, -0.2) is 43.5 Å². The number of carbonyl (C=O) groups excluding carboxylic acids is 1. The maximum atomic E-state index is 11.4. The van der Waals surface area contributed by atoms with Gasteiger partial charge in [-0.15, -0.1) is 0 Å². The predicted molar refractivity (Wildman–Crippen MR) is 86.2 cm³/mol. The molecule has 0 aliphatic carbocycles. The van der Waals surface area contributed by atoms with Gasteiger partial charge in [0, 0.05) is 32.7 Å². The lowest BCUT2D eigenvalue weighted by Gasteiger charge is -2.32. The van der Waals surface area contributed by atoms with Gasteiger partial charge in [-0.05, 0) is 30.4 Å². The second kappa shape index (κ2) is 8.15. The second-order valence-electron chi connectivity index (χ2n) is 5.73. The fourth-order valence-electron chi connectivity index (χ4n) is 2.91. The molecule has 4 heteroatoms. The molecule has 0 saturated carbocycles. The second-order valence-corrected chi connectivity index (χ2v) is 5.73. The van der Waals surface area contributed by atoms with Gasteiger partial charge in [-0.1, -0.05) is 31.2 Å². The van der Waals surface area contributed by atoms with E-state index >= 15 is 0 Å². The summed E-state index contributed by atoms with van der Waals surface area (Å²) < 4.78 is 0. The monoisotopic (exact) mass is 289 g/mol. The highest BCUT2D eigenvalue weighted by molar-refractivity contribution is 5.77. The molecule has 2 N–H and O–H groups in total. The van der Waals surface area contributed by atoms with Gasteiger partial charge in [0.15, 0.2) is 0 Å². The smallest absolute Gasteiger partial charge is 0.233 e. The highest BCUT2D eigenvalue weighted by Crippen LogP contribution is 2.13. The zero-order valence-electron chi connectivity index (χ0n) is 13.2. The van der Waals surface area contributed by atoms with Gasteiger partial charge in [0.1, 0.15) is 0 Å². The number of rotatable bonds is 6. The number of hydrogen-bond donors (Lipinski definition) is 2. The maximum absolute atomic E-state index is 11.4. The van der Waals surface area contributed by atoms with Crippen molar-refractivity contribution in [3.8, 4) is 0 Å². The molecule has 4 nitrogen and oxygen atoms in total. The van der Waals surface area contributed by atoms with Crippen LogP contribution in [0.25, 0.3) is 0 Å². The first-order valence-corrected chi connectivity index (χ1v) is 7.96. The third kappa shape index (κ3) is 4.83. The molecule has 1 aromatic rings. The number of likely N-dealkylation sites (tertiary alicyclic amines) is 1. The van der Waals surface area contributed by atoms with E-state index in [4.69, 9.17) is 0 Å². The minimum atomic E-state index is 0.110. The van der Waals surface area contributed by atoms with Gasteiger partial charge < -0.3 is 10.6 Å². The Bertz CT molecular complexity index is 453. The summed E-state index contributed by atoms with van der Waals surface area (Å²) in [5.74, 6) is 0.110. The van der Waals surface area contributed by atoms with Gasteiger partial charge in [-0.25, -0.2) is 0 Å². The van der Waals surface area contributed by atoms with Gasteiger partial charge in [0.25, 0.3) is 0 Å². The molecule has 0 spiro atoms. The van der Waals surface area contributed by atoms with Crippen LogP contribution in [-0.2, 0) is 17.8 Å². The lowest BCUT2D eigenvalue weighted by molar-refractivity contribution is -0.122. The Hall–Kier alpha value is -1.39. The van der Waals surface area contributed by atoms with E-state index in [1.165, 1.54) is 11.1 Å². The third-order valence-corrected chi connectivity index (χ3v) is 4.31. The highest BCUT2D eigenvalue weighted by atomic mass is 16.1. The van der Waals surface area contributed by atoms with Crippen molar-refractivity contribution in [2.75, 3.05) is 26.7 Å². The van der Waals surface area contributed by atoms with Crippen molar-refractivity contribution in [1.29, 1.82) is 0 Å². The number of nitrogens with zero attached hydrogens (tertiary/aromatic N) is 1. The fourth-order valence-corrected chi connectivity index (χ4v) is 2.91. The largest absolute Gasteiger partial charge is 0.358 e. The molecule has 0 radical (unpaired) electrons. The molecule has 0 bridgehead atoms. The average molecular weight is 289 g/mol. The van der Waals surface area contributed by atoms with Gasteiger partial charge in [0.2, 0.25) is 5.91 Å². The van der Waals surface area contributed by atoms with Crippen LogP contribution in [0.5, 0.6) is 0 Å². The van der Waals surface area contributed by atoms with E-state index in [0.29, 0.717) is 12.6 Å². The first-order chi connectivity index (χ1) is 10.2. The highest BCUT2D eigenvalue weighted by Gasteiger charge is 2.20. The van der Waals surface area contributed by atoms with E-state index in [1.54, 1.807) is 7.05 Å². The Morgan fingerprint density at radius 1 is 1.24 bits per heavy atom. The number of likely N-dealkylation sites (N-methyl/N-ethyl adjacent to an activating group) is 1. The van der Waals surface area contributed by atoms with Crippen LogP contribution in [0.15, 0.2) is 24.3 Å². The van der Waals surface area contributed by atoms with E-state index in [-0.39, 0.29) is 5.91 Å². The van der Waals surface area contributed by atoms with E-state index in [2.05, 4.69) is 46.7 Å². The fraction of sp³-hybridized carbons (Fsp3) is 0.588. The normalized spacial score (nSPS) is 16.9. The topological polar surface area (TPSA) is 44.4 Å². The molecular formula is C17H27N3O. The minimum Gasteiger partial charge on any atom is -0.358 e. The van der Waals surface area contributed by atoms with E-state index in [9.17, 15) is 4.79 Å². The number of benzene rings is 1. The van der Waals surface area contributed by atoms with Crippen molar-refractivity contribution in [1.82, 2.24) is 15.5 Å². The number of amides is 1. The molecule has 1 heterocycles. The Kier molecular flexibility index (Phi) is 6.21. The molecule has 2 rings (SSSR count). The summed E-state index contributed by atoms with van der Waals surface area (Å²) in [6.45, 7) is 5.68. The van der Waals surface area contributed by atoms with E-state index < -0.39 is 0 Å². The van der Waals surface area contributed by atoms with Gasteiger partial charge in [0.05, 0.1) is 6.54 Å². The van der Waals surface area contributed by atoms with Gasteiger partial charge in [-0.2, -0.15) is 0 Å². The van der Waals surface area contributed by atoms with Crippen LogP contribution in [0, 0.1) is 0 Å². The lowest BCUT2D eigenvalue weighted by Crippen LogP contribution is -2.45. The molecule has 1 saturated heterocycles. The molecular weight excluding hydrogens is 262 g/mol. The summed E-state index contributed by atoms with van der Waals surface area (Å²) in [4.78, 5) is 13.6. The Labute approximate surface area is 127 Å². The quantitative estimate of drug-likeness (QED) is 0.835. The van der Waals surface area contributed by atoms with Crippen LogP contribution in [0.2, 0.25) is 0 Å². The molecule has 1 amide bonds. The van der Waals surface area contributed by atoms with Crippen molar-refractivity contribution >= 4 is 5.91 Å². The molecule has 0 aromatic heterocycles. The van der Waals surface area contributed by atoms with Crippen molar-refractivity contribution < 1.29 is 4.79 Å². The molecule has 1 aliphatic rings. The Balaban J connectivity index is 1.75. The Morgan fingerprint density at radius 2 is 1.90 bits per heavy atom. The van der Waals surface area contributed by atoms with Gasteiger partial charge >= 0.3 is 0 Å². The number of aryl methyl sites for hydroxylation is 1. The van der Waals surface area contributed by atoms with Gasteiger partial charge in [-0.3, -0.25) is 9.69 Å². The number of nitrogens with one attached hydrogen (secondary N) is 2. The van der Waals surface area contributed by atoms with Crippen LogP contribution in [0.3, 0.4) is 0 Å². The summed E-state index contributed by atoms with van der Waals surface area (Å²) in [6, 6.07) is 9.22. The number of hydrogen-bond acceptors (Lipinski definition) is 3. The van der Waals surface area contributed by atoms with Crippen molar-refractivity contribution in [2.45, 2.75) is 38.8 Å². The lowest BCUT2D eigenvalue weighted by atomic mass is 10.0. The van der Waals surface area contributed by atoms with Crippen LogP contribution in [0.4, 0.5) is 0 Å². The molecule has 0 atom stereocenters. The third-order valence-electron chi connectivity index (χ3n) is 4.31. The average Bonchev–Trinajstić information content (AvgIpc) is 2.54. The van der Waals surface area contributed by atoms with Crippen LogP contribution >= 0.6 is 0 Å². The molecule has 1 aliphatic heterocycles. The first kappa shape index (κ1) is 16.0. The van der Waals surface area contributed by atoms with E-state index in [1.807, 2.05) is 0 Å². The SMILES string of the molecule is CCc1ccccc1CNC1CCN(CC(=O)NC)CC1. The summed E-state index contributed by atoms with van der Waals surface area (Å²) >= 11 is 0. The standard InChI is InChI=1S/C17H27N3O/c1-3-14-6-4-5-7-15(14)12-19-16-8-10-20(11-9-16)13-17(21)18-2/h4-7,16,19H,3,8-13H2,1-2H3,(H,18,21). The summed E-state index contributed by atoms with van der Waals surface area (Å²) in [7, 11) is 1.70. The number of carbonyl (C=O) groups is 1. The van der Waals surface area contributed by atoms with Crippen molar-refractivity contribution in [3.05, 3.63) is 35.4 Å². The zero-order chi connectivity index (χ0) is 15.1. The van der Waals surface area contributed by atoms with E-state index in [0.717, 1.165) is 38.9 Å². The summed E-state index contributed by atoms with van der Waals surface area (Å²) in [5, 5.41) is 6.36. The summed E-state index contributed by atoms with van der Waals surface area (Å²) in [5.41, 5.74) is 2.84. The molecule has 0 unspecified atom stereocenters. The van der Waals surface area contributed by atoms with Crippen molar-refractivity contribution in [2.24, 2.45) is 0 Å². The number of piperidine rings is 1. The van der Waals surface area contributed by atoms with Crippen LogP contribution < -0.4 is 10.6 Å². The molecule has 21 heavy (non-hydrogen) atoms. The van der Waals surface area contributed by atoms with Crippen molar-refractivity contribution in [3.63, 3.8) is 0 Å². The zero-order valence-corrected chi connectivity index (χ0v) is 13.2. The first-order valence-electron chi connectivity index (χ1n) is 7.96. The molecule has 1 fully saturated rings.